The second-order valence-electron chi connectivity index (χ2n) is 7.69. The molecule has 3 aliphatic carbocycles. The molecule has 3 heteroatoms. The summed E-state index contributed by atoms with van der Waals surface area (Å²) < 4.78 is 0. The van der Waals surface area contributed by atoms with E-state index >= 15 is 0 Å². The zero-order valence-electron chi connectivity index (χ0n) is 13.1. The van der Waals surface area contributed by atoms with Gasteiger partial charge in [0.2, 0.25) is 5.91 Å². The third-order valence-electron chi connectivity index (χ3n) is 6.38. The molecule has 2 nitrogen and oxygen atoms in total. The quantitative estimate of drug-likeness (QED) is 0.880. The molecule has 0 aromatic heterocycles. The molecule has 1 aromatic rings. The van der Waals surface area contributed by atoms with E-state index in [1.165, 1.54) is 25.7 Å². The lowest BCUT2D eigenvalue weighted by molar-refractivity contribution is -0.124. The van der Waals surface area contributed by atoms with Crippen molar-refractivity contribution in [3.63, 3.8) is 0 Å². The van der Waals surface area contributed by atoms with Crippen molar-refractivity contribution in [3.05, 3.63) is 34.9 Å². The maximum Gasteiger partial charge on any atom is 0.230 e. The van der Waals surface area contributed by atoms with E-state index in [0.29, 0.717) is 12.0 Å². The lowest BCUT2D eigenvalue weighted by Crippen LogP contribution is -2.44. The number of hydrogen-bond donors (Lipinski definition) is 1. The van der Waals surface area contributed by atoms with Crippen molar-refractivity contribution in [1.29, 1.82) is 0 Å². The van der Waals surface area contributed by atoms with E-state index in [4.69, 9.17) is 11.6 Å². The number of carbonyl (C=O) groups is 1. The molecule has 118 valence electrons. The second kappa shape index (κ2) is 5.26. The summed E-state index contributed by atoms with van der Waals surface area (Å²) in [6.07, 6.45) is 7.43. The molecule has 0 radical (unpaired) electrons. The molecule has 0 heterocycles. The van der Waals surface area contributed by atoms with Crippen LogP contribution in [0.2, 0.25) is 5.02 Å². The van der Waals surface area contributed by atoms with Crippen molar-refractivity contribution in [1.82, 2.24) is 5.32 Å². The van der Waals surface area contributed by atoms with Crippen LogP contribution in [0.15, 0.2) is 24.3 Å². The minimum atomic E-state index is -0.281. The Bertz CT molecular complexity index is 578. The predicted molar refractivity (Wildman–Crippen MR) is 88.9 cm³/mol. The molecule has 4 atom stereocenters. The van der Waals surface area contributed by atoms with E-state index in [9.17, 15) is 4.79 Å². The van der Waals surface area contributed by atoms with Crippen molar-refractivity contribution in [2.45, 2.75) is 56.9 Å². The zero-order valence-corrected chi connectivity index (χ0v) is 13.9. The van der Waals surface area contributed by atoms with Crippen LogP contribution in [0.25, 0.3) is 0 Å². The summed E-state index contributed by atoms with van der Waals surface area (Å²) in [6, 6.07) is 8.12. The molecule has 0 aliphatic heterocycles. The van der Waals surface area contributed by atoms with Gasteiger partial charge in [0.15, 0.2) is 0 Å². The Morgan fingerprint density at radius 1 is 1.23 bits per heavy atom. The fraction of sp³-hybridized carbons (Fsp3) is 0.632. The first kappa shape index (κ1) is 14.6. The number of carbonyl (C=O) groups excluding carboxylic acids is 1. The Hall–Kier alpha value is -1.02. The first-order valence-electron chi connectivity index (χ1n) is 8.65. The average Bonchev–Trinajstić information content (AvgIpc) is 3.05. The molecule has 0 saturated heterocycles. The van der Waals surface area contributed by atoms with Gasteiger partial charge in [-0.1, -0.05) is 30.2 Å². The van der Waals surface area contributed by atoms with Crippen molar-refractivity contribution in [3.8, 4) is 0 Å². The summed E-state index contributed by atoms with van der Waals surface area (Å²) in [4.78, 5) is 12.8. The summed E-state index contributed by atoms with van der Waals surface area (Å²) in [7, 11) is 0. The Morgan fingerprint density at radius 2 is 1.95 bits per heavy atom. The van der Waals surface area contributed by atoms with E-state index < -0.39 is 0 Å². The molecule has 1 N–H and O–H groups in total. The van der Waals surface area contributed by atoms with Gasteiger partial charge in [-0.2, -0.15) is 0 Å². The third kappa shape index (κ3) is 2.36. The number of benzene rings is 1. The minimum Gasteiger partial charge on any atom is -0.353 e. The summed E-state index contributed by atoms with van der Waals surface area (Å²) in [6.45, 7) is 2.21. The monoisotopic (exact) mass is 317 g/mol. The molecule has 2 bridgehead atoms. The van der Waals surface area contributed by atoms with Crippen LogP contribution >= 0.6 is 11.6 Å². The highest BCUT2D eigenvalue weighted by atomic mass is 35.5. The summed E-state index contributed by atoms with van der Waals surface area (Å²) in [5.41, 5.74) is 0.839. The predicted octanol–water partition coefficient (Wildman–Crippen LogP) is 4.31. The largest absolute Gasteiger partial charge is 0.353 e. The highest BCUT2D eigenvalue weighted by Gasteiger charge is 2.52. The molecule has 3 aliphatic rings. The Kier molecular flexibility index (Phi) is 3.48. The standard InChI is InChI=1S/C19H24ClNO/c1-12(17-11-13-2-3-14(17)10-13)21-18(22)19(8-9-19)15-4-6-16(20)7-5-15/h4-7,12-14,17H,2-3,8-11H2,1H3,(H,21,22)/t12-,13-,14-,17+/m0/s1. The number of rotatable bonds is 4. The smallest absolute Gasteiger partial charge is 0.230 e. The van der Waals surface area contributed by atoms with Crippen LogP contribution in [-0.2, 0) is 10.2 Å². The molecular formula is C19H24ClNO. The molecule has 22 heavy (non-hydrogen) atoms. The number of nitrogens with one attached hydrogen (secondary N) is 1. The van der Waals surface area contributed by atoms with E-state index in [0.717, 1.165) is 35.3 Å². The minimum absolute atomic E-state index is 0.227. The van der Waals surface area contributed by atoms with Gasteiger partial charge in [0.05, 0.1) is 5.41 Å². The molecule has 0 spiro atoms. The van der Waals surface area contributed by atoms with Crippen LogP contribution in [0.1, 0.15) is 51.0 Å². The van der Waals surface area contributed by atoms with Crippen LogP contribution < -0.4 is 5.32 Å². The Labute approximate surface area is 137 Å². The summed E-state index contributed by atoms with van der Waals surface area (Å²) >= 11 is 5.97. The molecule has 3 fully saturated rings. The lowest BCUT2D eigenvalue weighted by Gasteiger charge is -2.30. The molecule has 1 aromatic carbocycles. The SMILES string of the molecule is C[C@H](NC(=O)C1(c2ccc(Cl)cc2)CC1)[C@H]1C[C@H]2CC[C@H]1C2. The van der Waals surface area contributed by atoms with Crippen molar-refractivity contribution in [2.24, 2.45) is 17.8 Å². The first-order valence-corrected chi connectivity index (χ1v) is 9.03. The summed E-state index contributed by atoms with van der Waals surface area (Å²) in [5, 5.41) is 4.08. The van der Waals surface area contributed by atoms with Crippen molar-refractivity contribution in [2.75, 3.05) is 0 Å². The maximum atomic E-state index is 12.8. The van der Waals surface area contributed by atoms with Crippen LogP contribution in [0.4, 0.5) is 0 Å². The second-order valence-corrected chi connectivity index (χ2v) is 8.13. The van der Waals surface area contributed by atoms with Gasteiger partial charge >= 0.3 is 0 Å². The van der Waals surface area contributed by atoms with Crippen LogP contribution in [-0.4, -0.2) is 11.9 Å². The molecule has 0 unspecified atom stereocenters. The number of fused-ring (bicyclic) bond motifs is 2. The normalized spacial score (nSPS) is 32.7. The maximum absolute atomic E-state index is 12.8. The third-order valence-corrected chi connectivity index (χ3v) is 6.63. The molecule has 1 amide bonds. The highest BCUT2D eigenvalue weighted by Crippen LogP contribution is 2.51. The number of halogens is 1. The Balaban J connectivity index is 1.44. The molecule has 4 rings (SSSR count). The average molecular weight is 318 g/mol. The molecule has 3 saturated carbocycles. The van der Waals surface area contributed by atoms with Gasteiger partial charge in [-0.15, -0.1) is 0 Å². The van der Waals surface area contributed by atoms with Crippen LogP contribution in [0.3, 0.4) is 0 Å². The number of amides is 1. The van der Waals surface area contributed by atoms with Crippen molar-refractivity contribution >= 4 is 17.5 Å². The van der Waals surface area contributed by atoms with Crippen LogP contribution in [0.5, 0.6) is 0 Å². The number of hydrogen-bond acceptors (Lipinski definition) is 1. The topological polar surface area (TPSA) is 29.1 Å². The van der Waals surface area contributed by atoms with Gasteiger partial charge in [-0.05, 0) is 74.5 Å². The fourth-order valence-electron chi connectivity index (χ4n) is 4.90. The van der Waals surface area contributed by atoms with E-state index in [-0.39, 0.29) is 11.3 Å². The van der Waals surface area contributed by atoms with E-state index in [1.54, 1.807) is 0 Å². The molecular weight excluding hydrogens is 294 g/mol. The van der Waals surface area contributed by atoms with E-state index in [1.807, 2.05) is 24.3 Å². The van der Waals surface area contributed by atoms with Gasteiger partial charge in [0.1, 0.15) is 0 Å². The van der Waals surface area contributed by atoms with Crippen LogP contribution in [0, 0.1) is 17.8 Å². The highest BCUT2D eigenvalue weighted by molar-refractivity contribution is 6.30. The van der Waals surface area contributed by atoms with Gasteiger partial charge in [0, 0.05) is 11.1 Å². The van der Waals surface area contributed by atoms with E-state index in [2.05, 4.69) is 12.2 Å². The Morgan fingerprint density at radius 3 is 2.50 bits per heavy atom. The fourth-order valence-corrected chi connectivity index (χ4v) is 5.03. The summed E-state index contributed by atoms with van der Waals surface area (Å²) in [5.74, 6) is 2.71. The van der Waals surface area contributed by atoms with Gasteiger partial charge in [-0.3, -0.25) is 4.79 Å². The zero-order chi connectivity index (χ0) is 15.3. The van der Waals surface area contributed by atoms with Crippen molar-refractivity contribution < 1.29 is 4.79 Å². The van der Waals surface area contributed by atoms with Gasteiger partial charge < -0.3 is 5.32 Å². The first-order chi connectivity index (χ1) is 10.6. The van der Waals surface area contributed by atoms with Gasteiger partial charge in [0.25, 0.3) is 0 Å². The van der Waals surface area contributed by atoms with Gasteiger partial charge in [-0.25, -0.2) is 0 Å². The lowest BCUT2D eigenvalue weighted by atomic mass is 9.83.